The van der Waals surface area contributed by atoms with Crippen LogP contribution in [-0.2, 0) is 0 Å². The van der Waals surface area contributed by atoms with Crippen molar-refractivity contribution in [2.45, 2.75) is 51.9 Å². The third kappa shape index (κ3) is 1.04. The van der Waals surface area contributed by atoms with Crippen LogP contribution in [0.3, 0.4) is 0 Å². The first-order valence-corrected chi connectivity index (χ1v) is 6.98. The van der Waals surface area contributed by atoms with Gasteiger partial charge < -0.3 is 0 Å². The lowest BCUT2D eigenvalue weighted by atomic mass is 9.42. The van der Waals surface area contributed by atoms with E-state index in [1.807, 2.05) is 5.57 Å². The van der Waals surface area contributed by atoms with E-state index in [4.69, 9.17) is 0 Å². The fraction of sp³-hybridized carbons (Fsp3) is 0.867. The van der Waals surface area contributed by atoms with Crippen LogP contribution in [0.15, 0.2) is 11.6 Å². The van der Waals surface area contributed by atoms with Gasteiger partial charge in [0.05, 0.1) is 0 Å². The predicted molar refractivity (Wildman–Crippen MR) is 62.5 cm³/mol. The molecule has 4 unspecified atom stereocenters. The van der Waals surface area contributed by atoms with Crippen molar-refractivity contribution in [3.8, 4) is 0 Å². The second-order valence-corrected chi connectivity index (χ2v) is 6.89. The van der Waals surface area contributed by atoms with Gasteiger partial charge in [0.2, 0.25) is 0 Å². The van der Waals surface area contributed by atoms with Crippen LogP contribution in [0.2, 0.25) is 0 Å². The maximum Gasteiger partial charge on any atom is -0.00728 e. The molecule has 15 heavy (non-hydrogen) atoms. The molecule has 0 heterocycles. The average molecular weight is 202 g/mol. The van der Waals surface area contributed by atoms with E-state index in [0.717, 1.165) is 23.7 Å². The molecule has 0 heteroatoms. The molecule has 0 aromatic rings. The Balaban J connectivity index is 1.61. The number of hydrogen-bond donors (Lipinski definition) is 0. The predicted octanol–water partition coefficient (Wildman–Crippen LogP) is 4.17. The summed E-state index contributed by atoms with van der Waals surface area (Å²) >= 11 is 0. The molecule has 0 N–H and O–H groups in total. The number of rotatable bonds is 0. The summed E-state index contributed by atoms with van der Waals surface area (Å²) in [5.41, 5.74) is 2.53. The van der Waals surface area contributed by atoms with E-state index in [1.165, 1.54) is 25.7 Å². The lowest BCUT2D eigenvalue weighted by Crippen LogP contribution is -2.53. The Morgan fingerprint density at radius 3 is 2.87 bits per heavy atom. The van der Waals surface area contributed by atoms with E-state index in [9.17, 15) is 0 Å². The van der Waals surface area contributed by atoms with Gasteiger partial charge in [-0.2, -0.15) is 0 Å². The maximum atomic E-state index is 2.63. The summed E-state index contributed by atoms with van der Waals surface area (Å²) in [6.07, 6.45) is 13.4. The lowest BCUT2D eigenvalue weighted by Gasteiger charge is -2.62. The lowest BCUT2D eigenvalue weighted by molar-refractivity contribution is -0.0191. The van der Waals surface area contributed by atoms with E-state index in [0.29, 0.717) is 5.41 Å². The SMILES string of the molecule is C[C@@]12C=C3CCC4CCCC4CC(C1)C32. The molecule has 3 saturated carbocycles. The Hall–Kier alpha value is -0.260. The van der Waals surface area contributed by atoms with Crippen LogP contribution in [0.4, 0.5) is 0 Å². The summed E-state index contributed by atoms with van der Waals surface area (Å²) in [5.74, 6) is 4.38. The fourth-order valence-corrected chi connectivity index (χ4v) is 5.47. The Bertz CT molecular complexity index is 327. The van der Waals surface area contributed by atoms with Gasteiger partial charge in [-0.15, -0.1) is 0 Å². The molecule has 4 aliphatic carbocycles. The summed E-state index contributed by atoms with van der Waals surface area (Å²) in [6, 6.07) is 0. The molecular weight excluding hydrogens is 180 g/mol. The fourth-order valence-electron chi connectivity index (χ4n) is 5.47. The van der Waals surface area contributed by atoms with Crippen LogP contribution in [0, 0.1) is 29.1 Å². The summed E-state index contributed by atoms with van der Waals surface area (Å²) in [6.45, 7) is 2.49. The zero-order valence-electron chi connectivity index (χ0n) is 9.84. The molecule has 0 aliphatic heterocycles. The molecule has 0 bridgehead atoms. The summed E-state index contributed by atoms with van der Waals surface area (Å²) in [4.78, 5) is 0. The van der Waals surface area contributed by atoms with Crippen molar-refractivity contribution in [1.82, 2.24) is 0 Å². The van der Waals surface area contributed by atoms with Gasteiger partial charge in [0.15, 0.2) is 0 Å². The van der Waals surface area contributed by atoms with Gasteiger partial charge in [-0.3, -0.25) is 0 Å². The molecule has 0 radical (unpaired) electrons. The minimum Gasteiger partial charge on any atom is -0.0784 e. The molecule has 82 valence electrons. The largest absolute Gasteiger partial charge is 0.0784 e. The van der Waals surface area contributed by atoms with E-state index in [-0.39, 0.29) is 0 Å². The van der Waals surface area contributed by atoms with Gasteiger partial charge in [-0.05, 0) is 54.8 Å². The highest BCUT2D eigenvalue weighted by atomic mass is 14.6. The summed E-state index contributed by atoms with van der Waals surface area (Å²) < 4.78 is 0. The van der Waals surface area contributed by atoms with Crippen molar-refractivity contribution in [2.75, 3.05) is 0 Å². The molecule has 5 atom stereocenters. The van der Waals surface area contributed by atoms with Crippen LogP contribution in [-0.4, -0.2) is 0 Å². The Kier molecular flexibility index (Phi) is 1.59. The van der Waals surface area contributed by atoms with Crippen molar-refractivity contribution in [2.24, 2.45) is 29.1 Å². The van der Waals surface area contributed by atoms with Crippen molar-refractivity contribution >= 4 is 0 Å². The van der Waals surface area contributed by atoms with Crippen LogP contribution >= 0.6 is 0 Å². The molecule has 4 rings (SSSR count). The first kappa shape index (κ1) is 8.84. The topological polar surface area (TPSA) is 0 Å². The Labute approximate surface area is 93.1 Å². The Morgan fingerprint density at radius 1 is 1.13 bits per heavy atom. The first-order chi connectivity index (χ1) is 7.26. The Morgan fingerprint density at radius 2 is 2.00 bits per heavy atom. The van der Waals surface area contributed by atoms with Gasteiger partial charge >= 0.3 is 0 Å². The van der Waals surface area contributed by atoms with Crippen molar-refractivity contribution in [1.29, 1.82) is 0 Å². The van der Waals surface area contributed by atoms with Crippen LogP contribution < -0.4 is 0 Å². The second kappa shape index (κ2) is 2.70. The molecule has 0 aromatic heterocycles. The highest BCUT2D eigenvalue weighted by molar-refractivity contribution is 5.35. The summed E-state index contributed by atoms with van der Waals surface area (Å²) in [5, 5.41) is 0. The third-order valence-electron chi connectivity index (χ3n) is 6.02. The van der Waals surface area contributed by atoms with Crippen molar-refractivity contribution in [3.63, 3.8) is 0 Å². The maximum absolute atomic E-state index is 2.63. The van der Waals surface area contributed by atoms with Crippen LogP contribution in [0.1, 0.15) is 51.9 Å². The number of allylic oxidation sites excluding steroid dienone is 2. The van der Waals surface area contributed by atoms with E-state index >= 15 is 0 Å². The average Bonchev–Trinajstić information content (AvgIpc) is 2.59. The minimum absolute atomic E-state index is 0.672. The molecule has 4 aliphatic rings. The molecule has 3 fully saturated rings. The van der Waals surface area contributed by atoms with Crippen molar-refractivity contribution in [3.05, 3.63) is 11.6 Å². The quantitative estimate of drug-likeness (QED) is 0.517. The normalized spacial score (nSPS) is 56.5. The second-order valence-electron chi connectivity index (χ2n) is 6.89. The molecule has 0 nitrogen and oxygen atoms in total. The van der Waals surface area contributed by atoms with E-state index in [1.54, 1.807) is 19.3 Å². The zero-order chi connectivity index (χ0) is 10.0. The molecule has 0 aromatic carbocycles. The van der Waals surface area contributed by atoms with Crippen molar-refractivity contribution < 1.29 is 0 Å². The number of fused-ring (bicyclic) bond motifs is 1. The highest BCUT2D eigenvalue weighted by Crippen LogP contribution is 2.67. The van der Waals surface area contributed by atoms with Gasteiger partial charge in [0.25, 0.3) is 0 Å². The minimum atomic E-state index is 0.672. The smallest absolute Gasteiger partial charge is 0.00728 e. The van der Waals surface area contributed by atoms with E-state index in [2.05, 4.69) is 13.0 Å². The molecule has 0 spiro atoms. The van der Waals surface area contributed by atoms with Gasteiger partial charge in [0, 0.05) is 0 Å². The van der Waals surface area contributed by atoms with Crippen LogP contribution in [0.5, 0.6) is 0 Å². The van der Waals surface area contributed by atoms with Gasteiger partial charge in [-0.25, -0.2) is 0 Å². The molecule has 0 saturated heterocycles. The standard InChI is InChI=1S/C15H22/c1-15-8-12-6-5-10-3-2-4-11(10)7-13(9-15)14(12)15/h8,10-11,13-14H,2-7,9H2,1H3/t10?,11?,13?,14?,15-/m1/s1. The molecule has 0 amide bonds. The van der Waals surface area contributed by atoms with Crippen LogP contribution in [0.25, 0.3) is 0 Å². The van der Waals surface area contributed by atoms with Gasteiger partial charge in [-0.1, -0.05) is 37.8 Å². The third-order valence-corrected chi connectivity index (χ3v) is 6.02. The zero-order valence-corrected chi connectivity index (χ0v) is 9.84. The number of hydrogen-bond acceptors (Lipinski definition) is 0. The monoisotopic (exact) mass is 202 g/mol. The summed E-state index contributed by atoms with van der Waals surface area (Å²) in [7, 11) is 0. The molecular formula is C15H22. The van der Waals surface area contributed by atoms with Gasteiger partial charge in [0.1, 0.15) is 0 Å². The van der Waals surface area contributed by atoms with E-state index < -0.39 is 0 Å². The first-order valence-electron chi connectivity index (χ1n) is 6.98. The highest BCUT2D eigenvalue weighted by Gasteiger charge is 2.57.